The summed E-state index contributed by atoms with van der Waals surface area (Å²) < 4.78 is 60.4. The molecule has 0 aliphatic heterocycles. The van der Waals surface area contributed by atoms with E-state index in [-0.39, 0.29) is 15.5 Å². The Balaban J connectivity index is 1.73. The van der Waals surface area contributed by atoms with Crippen molar-refractivity contribution in [3.63, 3.8) is 0 Å². The molecular formula is C21H22N2O5S2. The van der Waals surface area contributed by atoms with Gasteiger partial charge in [0, 0.05) is 11.4 Å². The van der Waals surface area contributed by atoms with Crippen LogP contribution in [0.5, 0.6) is 5.75 Å². The molecule has 30 heavy (non-hydrogen) atoms. The van der Waals surface area contributed by atoms with E-state index in [1.807, 2.05) is 13.8 Å². The Labute approximate surface area is 176 Å². The van der Waals surface area contributed by atoms with Crippen LogP contribution in [0.15, 0.2) is 82.6 Å². The highest BCUT2D eigenvalue weighted by atomic mass is 32.2. The smallest absolute Gasteiger partial charge is 0.261 e. The van der Waals surface area contributed by atoms with Crippen LogP contribution < -0.4 is 14.2 Å². The molecule has 7 nitrogen and oxygen atoms in total. The van der Waals surface area contributed by atoms with E-state index in [0.717, 1.165) is 5.56 Å². The molecule has 2 N–H and O–H groups in total. The first-order valence-electron chi connectivity index (χ1n) is 9.15. The van der Waals surface area contributed by atoms with E-state index < -0.39 is 20.0 Å². The Morgan fingerprint density at radius 3 is 1.50 bits per heavy atom. The highest BCUT2D eigenvalue weighted by Crippen LogP contribution is 2.22. The average Bonchev–Trinajstić information content (AvgIpc) is 2.70. The molecule has 0 bridgehead atoms. The number of ether oxygens (including phenoxy) is 1. The maximum absolute atomic E-state index is 12.5. The van der Waals surface area contributed by atoms with Gasteiger partial charge in [-0.05, 0) is 74.5 Å². The van der Waals surface area contributed by atoms with Crippen LogP contribution in [0.1, 0.15) is 12.5 Å². The molecule has 0 atom stereocenters. The van der Waals surface area contributed by atoms with Gasteiger partial charge in [0.15, 0.2) is 0 Å². The molecule has 3 rings (SSSR count). The maximum Gasteiger partial charge on any atom is 0.261 e. The number of hydrogen-bond donors (Lipinski definition) is 2. The standard InChI is InChI=1S/C21H22N2O5S2/c1-3-28-19-10-14-21(15-11-19)30(26,27)23-18-8-12-20(13-9-18)29(24,25)22-17-6-4-16(2)5-7-17/h4-15,22-23H,3H2,1-2H3. The minimum absolute atomic E-state index is 0.0205. The van der Waals surface area contributed by atoms with E-state index in [1.54, 1.807) is 36.4 Å². The number of anilines is 2. The third-order valence-electron chi connectivity index (χ3n) is 4.17. The van der Waals surface area contributed by atoms with Crippen LogP contribution in [-0.2, 0) is 20.0 Å². The van der Waals surface area contributed by atoms with Gasteiger partial charge in [0.1, 0.15) is 5.75 Å². The molecule has 0 aliphatic rings. The Morgan fingerprint density at radius 1 is 0.667 bits per heavy atom. The summed E-state index contributed by atoms with van der Waals surface area (Å²) in [4.78, 5) is 0.0933. The fraction of sp³-hybridized carbons (Fsp3) is 0.143. The molecule has 9 heteroatoms. The molecule has 0 unspecified atom stereocenters. The van der Waals surface area contributed by atoms with Gasteiger partial charge in [-0.2, -0.15) is 0 Å². The lowest BCUT2D eigenvalue weighted by atomic mass is 10.2. The van der Waals surface area contributed by atoms with Gasteiger partial charge >= 0.3 is 0 Å². The highest BCUT2D eigenvalue weighted by Gasteiger charge is 2.17. The summed E-state index contributed by atoms with van der Waals surface area (Å²) in [6.07, 6.45) is 0. The van der Waals surface area contributed by atoms with Crippen LogP contribution in [0.4, 0.5) is 11.4 Å². The van der Waals surface area contributed by atoms with Crippen LogP contribution in [0.25, 0.3) is 0 Å². The van der Waals surface area contributed by atoms with Gasteiger partial charge in [-0.15, -0.1) is 0 Å². The molecule has 0 heterocycles. The summed E-state index contributed by atoms with van der Waals surface area (Å²) >= 11 is 0. The zero-order chi connectivity index (χ0) is 21.8. The van der Waals surface area contributed by atoms with Crippen molar-refractivity contribution in [3.8, 4) is 5.75 Å². The summed E-state index contributed by atoms with van der Waals surface area (Å²) in [6, 6.07) is 18.5. The van der Waals surface area contributed by atoms with Gasteiger partial charge in [-0.3, -0.25) is 9.44 Å². The topological polar surface area (TPSA) is 102 Å². The Kier molecular flexibility index (Phi) is 6.33. The molecule has 0 aliphatic carbocycles. The monoisotopic (exact) mass is 446 g/mol. The summed E-state index contributed by atoms with van der Waals surface area (Å²) in [7, 11) is -7.61. The van der Waals surface area contributed by atoms with Crippen LogP contribution >= 0.6 is 0 Å². The summed E-state index contributed by atoms with van der Waals surface area (Å²) in [6.45, 7) is 4.23. The lowest BCUT2D eigenvalue weighted by Crippen LogP contribution is -2.14. The number of aryl methyl sites for hydroxylation is 1. The highest BCUT2D eigenvalue weighted by molar-refractivity contribution is 7.93. The van der Waals surface area contributed by atoms with Gasteiger partial charge in [-0.25, -0.2) is 16.8 Å². The van der Waals surface area contributed by atoms with Gasteiger partial charge < -0.3 is 4.74 Å². The zero-order valence-corrected chi connectivity index (χ0v) is 18.1. The van der Waals surface area contributed by atoms with Crippen molar-refractivity contribution in [1.29, 1.82) is 0 Å². The number of rotatable bonds is 8. The van der Waals surface area contributed by atoms with Crippen molar-refractivity contribution in [2.45, 2.75) is 23.6 Å². The lowest BCUT2D eigenvalue weighted by molar-refractivity contribution is 0.340. The molecule has 158 valence electrons. The second-order valence-corrected chi connectivity index (χ2v) is 9.87. The normalized spacial score (nSPS) is 11.7. The second-order valence-electron chi connectivity index (χ2n) is 6.51. The van der Waals surface area contributed by atoms with Crippen LogP contribution in [0.2, 0.25) is 0 Å². The first-order chi connectivity index (χ1) is 14.2. The summed E-state index contributed by atoms with van der Waals surface area (Å²) in [5, 5.41) is 0. The molecule has 0 amide bonds. The van der Waals surface area contributed by atoms with Crippen molar-refractivity contribution in [2.24, 2.45) is 0 Å². The number of benzene rings is 3. The number of sulfonamides is 2. The molecule has 0 fully saturated rings. The van der Waals surface area contributed by atoms with Crippen LogP contribution in [0.3, 0.4) is 0 Å². The van der Waals surface area contributed by atoms with Crippen molar-refractivity contribution < 1.29 is 21.6 Å². The third kappa shape index (κ3) is 5.31. The Bertz CT molecular complexity index is 1200. The predicted octanol–water partition coefficient (Wildman–Crippen LogP) is 4.00. The first kappa shape index (κ1) is 21.7. The van der Waals surface area contributed by atoms with Crippen LogP contribution in [-0.4, -0.2) is 23.4 Å². The quantitative estimate of drug-likeness (QED) is 0.545. The molecule has 0 radical (unpaired) electrons. The van der Waals surface area contributed by atoms with E-state index in [9.17, 15) is 16.8 Å². The molecule has 3 aromatic rings. The Morgan fingerprint density at radius 2 is 1.07 bits per heavy atom. The molecule has 0 saturated heterocycles. The number of nitrogens with one attached hydrogen (secondary N) is 2. The fourth-order valence-corrected chi connectivity index (χ4v) is 4.75. The van der Waals surface area contributed by atoms with Crippen molar-refractivity contribution in [3.05, 3.63) is 78.4 Å². The SMILES string of the molecule is CCOc1ccc(S(=O)(=O)Nc2ccc(S(=O)(=O)Nc3ccc(C)cc3)cc2)cc1. The van der Waals surface area contributed by atoms with E-state index in [1.165, 1.54) is 36.4 Å². The molecule has 0 spiro atoms. The third-order valence-corrected chi connectivity index (χ3v) is 6.96. The lowest BCUT2D eigenvalue weighted by Gasteiger charge is -2.11. The minimum Gasteiger partial charge on any atom is -0.494 e. The van der Waals surface area contributed by atoms with E-state index in [2.05, 4.69) is 9.44 Å². The van der Waals surface area contributed by atoms with Gasteiger partial charge in [0.05, 0.1) is 16.4 Å². The molecule has 0 saturated carbocycles. The van der Waals surface area contributed by atoms with Gasteiger partial charge in [-0.1, -0.05) is 17.7 Å². The number of hydrogen-bond acceptors (Lipinski definition) is 5. The van der Waals surface area contributed by atoms with Crippen molar-refractivity contribution in [1.82, 2.24) is 0 Å². The van der Waals surface area contributed by atoms with Crippen molar-refractivity contribution >= 4 is 31.4 Å². The van der Waals surface area contributed by atoms with E-state index in [0.29, 0.717) is 18.0 Å². The largest absolute Gasteiger partial charge is 0.494 e. The van der Waals surface area contributed by atoms with Crippen molar-refractivity contribution in [2.75, 3.05) is 16.1 Å². The van der Waals surface area contributed by atoms with Gasteiger partial charge in [0.2, 0.25) is 0 Å². The fourth-order valence-electron chi connectivity index (χ4n) is 2.63. The minimum atomic E-state index is -3.82. The molecule has 3 aromatic carbocycles. The molecule has 0 aromatic heterocycles. The van der Waals surface area contributed by atoms with E-state index >= 15 is 0 Å². The summed E-state index contributed by atoms with van der Waals surface area (Å²) in [5.74, 6) is 0.576. The average molecular weight is 447 g/mol. The summed E-state index contributed by atoms with van der Waals surface area (Å²) in [5.41, 5.74) is 1.71. The zero-order valence-electron chi connectivity index (χ0n) is 16.5. The maximum atomic E-state index is 12.5. The predicted molar refractivity (Wildman–Crippen MR) is 117 cm³/mol. The van der Waals surface area contributed by atoms with Crippen LogP contribution in [0, 0.1) is 6.92 Å². The Hall–Kier alpha value is -3.04. The second kappa shape index (κ2) is 8.76. The molecular weight excluding hydrogens is 424 g/mol. The van der Waals surface area contributed by atoms with E-state index in [4.69, 9.17) is 4.74 Å². The van der Waals surface area contributed by atoms with Gasteiger partial charge in [0.25, 0.3) is 20.0 Å². The first-order valence-corrected chi connectivity index (χ1v) is 12.1.